The predicted octanol–water partition coefficient (Wildman–Crippen LogP) is 2.70. The molecule has 182 valence electrons. The van der Waals surface area contributed by atoms with Crippen LogP contribution in [0.4, 0.5) is 20.2 Å². The van der Waals surface area contributed by atoms with Crippen molar-refractivity contribution in [1.29, 1.82) is 0 Å². The monoisotopic (exact) mass is 511 g/mol. The van der Waals surface area contributed by atoms with Gasteiger partial charge in [-0.2, -0.15) is 4.31 Å². The van der Waals surface area contributed by atoms with Crippen LogP contribution in [0.25, 0.3) is 0 Å². The number of nitrogens with one attached hydrogen (secondary N) is 1. The fraction of sp³-hybridized carbons (Fsp3) is 0.364. The van der Waals surface area contributed by atoms with Gasteiger partial charge in [-0.25, -0.2) is 17.2 Å². The Labute approximate surface area is 200 Å². The molecule has 2 amide bonds. The third-order valence-electron chi connectivity index (χ3n) is 5.51. The van der Waals surface area contributed by atoms with E-state index in [2.05, 4.69) is 5.32 Å². The van der Waals surface area contributed by atoms with Gasteiger partial charge in [-0.3, -0.25) is 9.59 Å². The summed E-state index contributed by atoms with van der Waals surface area (Å²) in [6.45, 7) is 2.29. The molecular formula is C22H23F2N3O5S2. The number of hydrogen-bond donors (Lipinski definition) is 1. The zero-order valence-electron chi connectivity index (χ0n) is 18.3. The van der Waals surface area contributed by atoms with E-state index >= 15 is 0 Å². The molecule has 2 aromatic carbocycles. The molecule has 1 N–H and O–H groups in total. The fourth-order valence-corrected chi connectivity index (χ4v) is 6.17. The largest absolute Gasteiger partial charge is 0.379 e. The van der Waals surface area contributed by atoms with Crippen molar-refractivity contribution < 1.29 is 31.5 Å². The summed E-state index contributed by atoms with van der Waals surface area (Å²) in [4.78, 5) is 27.7. The predicted molar refractivity (Wildman–Crippen MR) is 123 cm³/mol. The maximum absolute atomic E-state index is 14.0. The molecule has 2 aliphatic heterocycles. The summed E-state index contributed by atoms with van der Waals surface area (Å²) in [6.07, 6.45) is 0. The number of morpholine rings is 1. The number of amides is 2. The molecule has 2 aliphatic rings. The molecule has 0 unspecified atom stereocenters. The quantitative estimate of drug-likeness (QED) is 0.663. The molecule has 1 atom stereocenters. The maximum Gasteiger partial charge on any atom is 0.244 e. The number of anilines is 2. The van der Waals surface area contributed by atoms with Gasteiger partial charge >= 0.3 is 0 Å². The molecule has 1 fully saturated rings. The highest BCUT2D eigenvalue weighted by Crippen LogP contribution is 2.38. The van der Waals surface area contributed by atoms with Crippen LogP contribution in [0.5, 0.6) is 0 Å². The maximum atomic E-state index is 14.0. The van der Waals surface area contributed by atoms with Crippen LogP contribution in [0.1, 0.15) is 6.92 Å². The number of carbonyl (C=O) groups is 2. The second kappa shape index (κ2) is 9.98. The molecule has 0 aliphatic carbocycles. The Kier molecular flexibility index (Phi) is 7.22. The van der Waals surface area contributed by atoms with E-state index in [4.69, 9.17) is 4.74 Å². The topological polar surface area (TPSA) is 96.0 Å². The van der Waals surface area contributed by atoms with Crippen molar-refractivity contribution in [1.82, 2.24) is 4.31 Å². The van der Waals surface area contributed by atoms with Crippen molar-refractivity contribution in [3.05, 3.63) is 48.0 Å². The second-order valence-corrected chi connectivity index (χ2v) is 11.0. The number of hydrogen-bond acceptors (Lipinski definition) is 6. The Morgan fingerprint density at radius 3 is 2.62 bits per heavy atom. The number of thioether (sulfide) groups is 1. The van der Waals surface area contributed by atoms with Crippen LogP contribution in [-0.4, -0.2) is 63.1 Å². The van der Waals surface area contributed by atoms with Gasteiger partial charge in [0.15, 0.2) is 0 Å². The minimum Gasteiger partial charge on any atom is -0.379 e. The van der Waals surface area contributed by atoms with Crippen molar-refractivity contribution in [2.24, 2.45) is 5.92 Å². The smallest absolute Gasteiger partial charge is 0.244 e. The van der Waals surface area contributed by atoms with Gasteiger partial charge in [0, 0.05) is 35.7 Å². The lowest BCUT2D eigenvalue weighted by molar-refractivity contribution is -0.123. The lowest BCUT2D eigenvalue weighted by atomic mass is 10.1. The summed E-state index contributed by atoms with van der Waals surface area (Å²) in [5, 5.41) is 2.35. The van der Waals surface area contributed by atoms with Crippen LogP contribution >= 0.6 is 11.8 Å². The van der Waals surface area contributed by atoms with E-state index in [1.165, 1.54) is 33.1 Å². The molecule has 0 aromatic heterocycles. The SMILES string of the molecule is C[C@@H]1CSc2ccc(S(=O)(=O)N3CCOCC3)cc2N(CC(=O)Nc2ccc(F)cc2F)C1=O. The molecule has 2 heterocycles. The lowest BCUT2D eigenvalue weighted by Crippen LogP contribution is -2.42. The van der Waals surface area contributed by atoms with Crippen LogP contribution in [-0.2, 0) is 24.3 Å². The van der Waals surface area contributed by atoms with Gasteiger partial charge < -0.3 is 15.0 Å². The molecular weight excluding hydrogens is 488 g/mol. The Hall–Kier alpha value is -2.54. The molecule has 0 spiro atoms. The van der Waals surface area contributed by atoms with Gasteiger partial charge in [0.1, 0.15) is 18.2 Å². The first-order valence-electron chi connectivity index (χ1n) is 10.6. The number of nitrogens with zero attached hydrogens (tertiary/aromatic N) is 2. The molecule has 34 heavy (non-hydrogen) atoms. The number of sulfonamides is 1. The Balaban J connectivity index is 1.65. The van der Waals surface area contributed by atoms with Crippen LogP contribution < -0.4 is 10.2 Å². The Morgan fingerprint density at radius 1 is 1.18 bits per heavy atom. The minimum absolute atomic E-state index is 0.00564. The van der Waals surface area contributed by atoms with Crippen molar-refractivity contribution in [3.8, 4) is 0 Å². The first kappa shape index (κ1) is 24.6. The van der Waals surface area contributed by atoms with E-state index in [-0.39, 0.29) is 29.6 Å². The summed E-state index contributed by atoms with van der Waals surface area (Å²) < 4.78 is 60.0. The zero-order valence-corrected chi connectivity index (χ0v) is 19.9. The van der Waals surface area contributed by atoms with E-state index < -0.39 is 40.0 Å². The fourth-order valence-electron chi connectivity index (χ4n) is 3.68. The number of carbonyl (C=O) groups excluding carboxylic acids is 2. The van der Waals surface area contributed by atoms with Crippen LogP contribution in [0, 0.1) is 17.6 Å². The number of ether oxygens (including phenoxy) is 1. The van der Waals surface area contributed by atoms with Gasteiger partial charge in [-0.15, -0.1) is 11.8 Å². The summed E-state index contributed by atoms with van der Waals surface area (Å²) in [5.74, 6) is -2.78. The molecule has 0 bridgehead atoms. The Morgan fingerprint density at radius 2 is 1.91 bits per heavy atom. The Bertz CT molecular complexity index is 1220. The van der Waals surface area contributed by atoms with E-state index in [1.807, 2.05) is 0 Å². The van der Waals surface area contributed by atoms with Crippen molar-refractivity contribution in [2.75, 3.05) is 48.8 Å². The first-order chi connectivity index (χ1) is 16.2. The van der Waals surface area contributed by atoms with E-state index in [0.29, 0.717) is 35.6 Å². The van der Waals surface area contributed by atoms with E-state index in [9.17, 15) is 26.8 Å². The highest BCUT2D eigenvalue weighted by Gasteiger charge is 2.33. The van der Waals surface area contributed by atoms with Crippen molar-refractivity contribution in [3.63, 3.8) is 0 Å². The molecule has 12 heteroatoms. The van der Waals surface area contributed by atoms with Gasteiger partial charge in [0.05, 0.1) is 29.5 Å². The minimum atomic E-state index is -3.83. The lowest BCUT2D eigenvalue weighted by Gasteiger charge is -2.27. The number of benzene rings is 2. The summed E-state index contributed by atoms with van der Waals surface area (Å²) in [6, 6.07) is 7.25. The number of halogens is 2. The molecule has 8 nitrogen and oxygen atoms in total. The van der Waals surface area contributed by atoms with E-state index in [0.717, 1.165) is 12.1 Å². The van der Waals surface area contributed by atoms with Gasteiger partial charge in [-0.1, -0.05) is 6.92 Å². The third kappa shape index (κ3) is 5.09. The highest BCUT2D eigenvalue weighted by atomic mass is 32.2. The van der Waals surface area contributed by atoms with Gasteiger partial charge in [-0.05, 0) is 30.3 Å². The second-order valence-electron chi connectivity index (χ2n) is 7.95. The first-order valence-corrected chi connectivity index (χ1v) is 13.0. The van der Waals surface area contributed by atoms with Crippen molar-refractivity contribution in [2.45, 2.75) is 16.7 Å². The normalized spacial score (nSPS) is 19.4. The van der Waals surface area contributed by atoms with Gasteiger partial charge in [0.25, 0.3) is 0 Å². The molecule has 0 radical (unpaired) electrons. The average molecular weight is 512 g/mol. The molecule has 1 saturated heterocycles. The highest BCUT2D eigenvalue weighted by molar-refractivity contribution is 7.99. The molecule has 4 rings (SSSR count). The van der Waals surface area contributed by atoms with Crippen LogP contribution in [0.3, 0.4) is 0 Å². The van der Waals surface area contributed by atoms with Crippen LogP contribution in [0.15, 0.2) is 46.2 Å². The zero-order chi connectivity index (χ0) is 24.5. The van der Waals surface area contributed by atoms with E-state index in [1.54, 1.807) is 13.0 Å². The summed E-state index contributed by atoms with van der Waals surface area (Å²) >= 11 is 1.39. The average Bonchev–Trinajstić information content (AvgIpc) is 2.93. The summed E-state index contributed by atoms with van der Waals surface area (Å²) in [5.41, 5.74) is 0.0726. The van der Waals surface area contributed by atoms with Crippen LogP contribution in [0.2, 0.25) is 0 Å². The van der Waals surface area contributed by atoms with Crippen molar-refractivity contribution >= 4 is 45.0 Å². The third-order valence-corrected chi connectivity index (χ3v) is 8.73. The number of fused-ring (bicyclic) bond motifs is 1. The van der Waals surface area contributed by atoms with Gasteiger partial charge in [0.2, 0.25) is 21.8 Å². The molecule has 2 aromatic rings. The summed E-state index contributed by atoms with van der Waals surface area (Å²) in [7, 11) is -3.83. The standard InChI is InChI=1S/C22H23F2N3O5S2/c1-14-13-33-20-5-3-16(34(30,31)26-6-8-32-9-7-26)11-19(20)27(22(14)29)12-21(28)25-18-4-2-15(23)10-17(18)24/h2-5,10-11,14H,6-9,12-13H2,1H3,(H,25,28)/t14-/m1/s1. The molecule has 0 saturated carbocycles. The number of rotatable bonds is 5.